The molecule has 0 aromatic heterocycles. The first kappa shape index (κ1) is 13.3. The molecule has 0 saturated carbocycles. The van der Waals surface area contributed by atoms with E-state index in [0.29, 0.717) is 12.1 Å². The van der Waals surface area contributed by atoms with Crippen molar-refractivity contribution in [2.75, 3.05) is 5.73 Å². The van der Waals surface area contributed by atoms with Crippen molar-refractivity contribution in [3.8, 4) is 11.1 Å². The van der Waals surface area contributed by atoms with Crippen LogP contribution in [0.3, 0.4) is 0 Å². The average molecular weight is 273 g/mol. The smallest absolute Gasteiger partial charge is 0.398 e. The Morgan fingerprint density at radius 2 is 1.58 bits per heavy atom. The van der Waals surface area contributed by atoms with Gasteiger partial charge >= 0.3 is 6.18 Å². The molecular weight excluding hydrogens is 265 g/mol. The van der Waals surface area contributed by atoms with Gasteiger partial charge in [0.15, 0.2) is 0 Å². The minimum atomic E-state index is -4.80. The van der Waals surface area contributed by atoms with Crippen LogP contribution in [0.4, 0.5) is 27.6 Å². The number of nitrogen functional groups attached to an aromatic ring is 1. The lowest BCUT2D eigenvalue weighted by Gasteiger charge is -2.11. The quantitative estimate of drug-likeness (QED) is 0.610. The van der Waals surface area contributed by atoms with E-state index >= 15 is 0 Å². The number of rotatable bonds is 1. The monoisotopic (exact) mass is 273 g/mol. The number of halogens is 5. The highest BCUT2D eigenvalue weighted by Crippen LogP contribution is 2.35. The molecule has 0 saturated heterocycles. The van der Waals surface area contributed by atoms with Gasteiger partial charge in [-0.3, -0.25) is 0 Å². The van der Waals surface area contributed by atoms with Crippen LogP contribution in [-0.4, -0.2) is 0 Å². The van der Waals surface area contributed by atoms with Gasteiger partial charge in [-0.15, -0.1) is 0 Å². The zero-order valence-corrected chi connectivity index (χ0v) is 9.43. The van der Waals surface area contributed by atoms with Crippen LogP contribution in [0.1, 0.15) is 5.56 Å². The summed E-state index contributed by atoms with van der Waals surface area (Å²) in [4.78, 5) is 0. The third-order valence-corrected chi connectivity index (χ3v) is 2.60. The van der Waals surface area contributed by atoms with Crippen molar-refractivity contribution in [1.82, 2.24) is 0 Å². The summed E-state index contributed by atoms with van der Waals surface area (Å²) in [7, 11) is 0. The molecule has 0 radical (unpaired) electrons. The molecule has 0 atom stereocenters. The molecule has 1 nitrogen and oxygen atoms in total. The SMILES string of the molecule is Nc1cc(F)ccc1-c1ccc(F)c(C(F)(F)F)c1. The molecule has 100 valence electrons. The Hall–Kier alpha value is -2.11. The predicted molar refractivity (Wildman–Crippen MR) is 61.2 cm³/mol. The maximum absolute atomic E-state index is 13.1. The second-order valence-corrected chi connectivity index (χ2v) is 3.92. The van der Waals surface area contributed by atoms with E-state index in [1.807, 2.05) is 0 Å². The van der Waals surface area contributed by atoms with E-state index in [4.69, 9.17) is 5.73 Å². The molecule has 2 aromatic rings. The van der Waals surface area contributed by atoms with Crippen molar-refractivity contribution in [2.24, 2.45) is 0 Å². The van der Waals surface area contributed by atoms with Gasteiger partial charge in [0.05, 0.1) is 5.56 Å². The molecule has 0 heterocycles. The fourth-order valence-electron chi connectivity index (χ4n) is 1.71. The fourth-order valence-corrected chi connectivity index (χ4v) is 1.71. The average Bonchev–Trinajstić information content (AvgIpc) is 2.29. The lowest BCUT2D eigenvalue weighted by atomic mass is 10.0. The normalized spacial score (nSPS) is 11.6. The minimum Gasteiger partial charge on any atom is -0.398 e. The van der Waals surface area contributed by atoms with Crippen molar-refractivity contribution >= 4 is 5.69 Å². The molecule has 0 bridgehead atoms. The van der Waals surface area contributed by atoms with Crippen molar-refractivity contribution in [2.45, 2.75) is 6.18 Å². The molecule has 2 aromatic carbocycles. The van der Waals surface area contributed by atoms with Crippen LogP contribution >= 0.6 is 0 Å². The molecule has 0 unspecified atom stereocenters. The summed E-state index contributed by atoms with van der Waals surface area (Å²) < 4.78 is 63.7. The van der Waals surface area contributed by atoms with Crippen LogP contribution in [0.2, 0.25) is 0 Å². The maximum atomic E-state index is 13.1. The Morgan fingerprint density at radius 3 is 2.16 bits per heavy atom. The van der Waals surface area contributed by atoms with Gasteiger partial charge in [0.25, 0.3) is 0 Å². The molecule has 0 fully saturated rings. The van der Waals surface area contributed by atoms with E-state index in [-0.39, 0.29) is 16.8 Å². The van der Waals surface area contributed by atoms with Gasteiger partial charge in [0.2, 0.25) is 0 Å². The molecule has 0 aliphatic rings. The lowest BCUT2D eigenvalue weighted by Crippen LogP contribution is -2.08. The Morgan fingerprint density at radius 1 is 0.895 bits per heavy atom. The number of alkyl halides is 3. The Balaban J connectivity index is 2.58. The number of anilines is 1. The van der Waals surface area contributed by atoms with Crippen LogP contribution in [0.25, 0.3) is 11.1 Å². The first-order valence-corrected chi connectivity index (χ1v) is 5.21. The van der Waals surface area contributed by atoms with E-state index in [1.54, 1.807) is 0 Å². The fraction of sp³-hybridized carbons (Fsp3) is 0.0769. The van der Waals surface area contributed by atoms with Crippen molar-refractivity contribution in [3.05, 3.63) is 53.6 Å². The molecule has 6 heteroatoms. The van der Waals surface area contributed by atoms with E-state index < -0.39 is 23.4 Å². The number of hydrogen-bond donors (Lipinski definition) is 1. The number of nitrogens with two attached hydrogens (primary N) is 1. The molecule has 2 rings (SSSR count). The highest BCUT2D eigenvalue weighted by molar-refractivity contribution is 5.76. The lowest BCUT2D eigenvalue weighted by molar-refractivity contribution is -0.139. The number of hydrogen-bond acceptors (Lipinski definition) is 1. The summed E-state index contributed by atoms with van der Waals surface area (Å²) in [5.41, 5.74) is 4.43. The van der Waals surface area contributed by atoms with Crippen LogP contribution in [0.15, 0.2) is 36.4 Å². The van der Waals surface area contributed by atoms with Gasteiger partial charge in [0.1, 0.15) is 11.6 Å². The molecule has 0 spiro atoms. The van der Waals surface area contributed by atoms with Gasteiger partial charge in [0, 0.05) is 11.3 Å². The highest BCUT2D eigenvalue weighted by atomic mass is 19.4. The minimum absolute atomic E-state index is 0.0141. The van der Waals surface area contributed by atoms with Gasteiger partial charge in [-0.25, -0.2) is 8.78 Å². The standard InChI is InChI=1S/C13H8F5N/c14-8-2-3-9(12(19)6-8)7-1-4-11(15)10(5-7)13(16,17)18/h1-6H,19H2. The van der Waals surface area contributed by atoms with E-state index in [2.05, 4.69) is 0 Å². The Labute approximate surface area is 105 Å². The second-order valence-electron chi connectivity index (χ2n) is 3.92. The zero-order valence-electron chi connectivity index (χ0n) is 9.43. The topological polar surface area (TPSA) is 26.0 Å². The van der Waals surface area contributed by atoms with E-state index in [0.717, 1.165) is 18.2 Å². The van der Waals surface area contributed by atoms with Crippen molar-refractivity contribution < 1.29 is 22.0 Å². The van der Waals surface area contributed by atoms with Crippen LogP contribution in [0.5, 0.6) is 0 Å². The highest BCUT2D eigenvalue weighted by Gasteiger charge is 2.34. The molecule has 0 aliphatic carbocycles. The third kappa shape index (κ3) is 2.67. The molecule has 0 aliphatic heterocycles. The Kier molecular flexibility index (Phi) is 3.18. The summed E-state index contributed by atoms with van der Waals surface area (Å²) in [5.74, 6) is -1.96. The summed E-state index contributed by atoms with van der Waals surface area (Å²) in [6, 6.07) is 5.83. The van der Waals surface area contributed by atoms with Gasteiger partial charge < -0.3 is 5.73 Å². The van der Waals surface area contributed by atoms with E-state index in [1.165, 1.54) is 6.07 Å². The maximum Gasteiger partial charge on any atom is 0.419 e. The van der Waals surface area contributed by atoms with Gasteiger partial charge in [-0.1, -0.05) is 6.07 Å². The largest absolute Gasteiger partial charge is 0.419 e. The predicted octanol–water partition coefficient (Wildman–Crippen LogP) is 4.23. The summed E-state index contributed by atoms with van der Waals surface area (Å²) in [6.45, 7) is 0. The van der Waals surface area contributed by atoms with Crippen LogP contribution < -0.4 is 5.73 Å². The molecule has 2 N–H and O–H groups in total. The van der Waals surface area contributed by atoms with Crippen LogP contribution in [-0.2, 0) is 6.18 Å². The van der Waals surface area contributed by atoms with Crippen molar-refractivity contribution in [1.29, 1.82) is 0 Å². The summed E-state index contributed by atoms with van der Waals surface area (Å²) >= 11 is 0. The second kappa shape index (κ2) is 4.53. The Bertz CT molecular complexity index is 619. The van der Waals surface area contributed by atoms with Crippen molar-refractivity contribution in [3.63, 3.8) is 0 Å². The molecular formula is C13H8F5N. The zero-order chi connectivity index (χ0) is 14.2. The first-order chi connectivity index (χ1) is 8.79. The molecule has 0 amide bonds. The summed E-state index contributed by atoms with van der Waals surface area (Å²) in [6.07, 6.45) is -4.80. The molecule has 19 heavy (non-hydrogen) atoms. The first-order valence-electron chi connectivity index (χ1n) is 5.21. The summed E-state index contributed by atoms with van der Waals surface area (Å²) in [5, 5.41) is 0. The third-order valence-electron chi connectivity index (χ3n) is 2.60. The number of benzene rings is 2. The van der Waals surface area contributed by atoms with Crippen LogP contribution in [0, 0.1) is 11.6 Å². The van der Waals surface area contributed by atoms with Gasteiger partial charge in [-0.2, -0.15) is 13.2 Å². The van der Waals surface area contributed by atoms with E-state index in [9.17, 15) is 22.0 Å². The van der Waals surface area contributed by atoms with Gasteiger partial charge in [-0.05, 0) is 35.9 Å².